The Bertz CT molecular complexity index is 1630. The molecule has 1 N–H and O–H groups in total. The molecule has 0 bridgehead atoms. The lowest BCUT2D eigenvalue weighted by Crippen LogP contribution is -2.51. The van der Waals surface area contributed by atoms with Gasteiger partial charge in [0.25, 0.3) is 0 Å². The average molecular weight is 724 g/mol. The number of nitrogens with zero attached hydrogens (tertiary/aromatic N) is 2. The van der Waals surface area contributed by atoms with Gasteiger partial charge in [0.05, 0.1) is 49.7 Å². The van der Waals surface area contributed by atoms with Crippen molar-refractivity contribution in [3.63, 3.8) is 0 Å². The molecule has 0 saturated carbocycles. The number of methoxy groups -OCH3 is 2. The van der Waals surface area contributed by atoms with Crippen molar-refractivity contribution in [1.82, 2.24) is 10.2 Å². The summed E-state index contributed by atoms with van der Waals surface area (Å²) in [5, 5.41) is 3.50. The molecule has 278 valence electrons. The van der Waals surface area contributed by atoms with Crippen molar-refractivity contribution in [3.05, 3.63) is 83.4 Å². The van der Waals surface area contributed by atoms with Crippen LogP contribution in [0.2, 0.25) is 0 Å². The highest BCUT2D eigenvalue weighted by atomic mass is 32.2. The topological polar surface area (TPSA) is 108 Å². The minimum Gasteiger partial charge on any atom is -0.497 e. The summed E-state index contributed by atoms with van der Waals surface area (Å²) in [6.45, 7) is 10.6. The number of fused-ring (bicyclic) bond motifs is 1. The second-order valence-corrected chi connectivity index (χ2v) is 15.4. The van der Waals surface area contributed by atoms with Crippen LogP contribution in [0.25, 0.3) is 0 Å². The van der Waals surface area contributed by atoms with Crippen molar-refractivity contribution in [3.8, 4) is 11.5 Å². The van der Waals surface area contributed by atoms with E-state index in [1.165, 1.54) is 0 Å². The van der Waals surface area contributed by atoms with Crippen molar-refractivity contribution in [2.45, 2.75) is 48.2 Å². The molecule has 6 rings (SSSR count). The smallest absolute Gasteiger partial charge is 0.209 e. The number of morpholine rings is 1. The molecular weight excluding hydrogens is 671 g/mol. The molecule has 0 aromatic heterocycles. The quantitative estimate of drug-likeness (QED) is 0.210. The Hall–Kier alpha value is -3.23. The fourth-order valence-electron chi connectivity index (χ4n) is 7.17. The van der Waals surface area contributed by atoms with Crippen LogP contribution in [0, 0.1) is 6.92 Å². The van der Waals surface area contributed by atoms with Crippen molar-refractivity contribution in [2.24, 2.45) is 0 Å². The van der Waals surface area contributed by atoms with E-state index in [-0.39, 0.29) is 16.9 Å². The summed E-state index contributed by atoms with van der Waals surface area (Å²) in [5.74, 6) is 1.25. The molecule has 3 aliphatic rings. The molecule has 0 radical (unpaired) electrons. The van der Waals surface area contributed by atoms with E-state index in [1.54, 1.807) is 26.4 Å². The molecule has 12 heteroatoms. The Balaban J connectivity index is 1.32. The van der Waals surface area contributed by atoms with Crippen LogP contribution in [0.1, 0.15) is 40.9 Å². The maximum atomic E-state index is 14.7. The van der Waals surface area contributed by atoms with Gasteiger partial charge in [0.15, 0.2) is 5.44 Å². The molecule has 0 amide bonds. The number of piperidine rings is 1. The Labute approximate surface area is 303 Å². The summed E-state index contributed by atoms with van der Waals surface area (Å²) in [7, 11) is -0.663. The van der Waals surface area contributed by atoms with Crippen molar-refractivity contribution >= 4 is 15.5 Å². The Morgan fingerprint density at radius 1 is 0.863 bits per heavy atom. The number of aryl methyl sites for hydroxylation is 1. The first kappa shape index (κ1) is 37.5. The Morgan fingerprint density at radius 3 is 2.35 bits per heavy atom. The van der Waals surface area contributed by atoms with Gasteiger partial charge >= 0.3 is 0 Å². The van der Waals surface area contributed by atoms with E-state index in [2.05, 4.69) is 15.1 Å². The first-order valence-corrected chi connectivity index (χ1v) is 19.6. The van der Waals surface area contributed by atoms with E-state index in [0.717, 1.165) is 80.5 Å². The highest BCUT2D eigenvalue weighted by Gasteiger charge is 2.41. The van der Waals surface area contributed by atoms with Gasteiger partial charge in [-0.1, -0.05) is 35.9 Å². The molecule has 3 aliphatic heterocycles. The molecule has 3 aromatic rings. The third kappa shape index (κ3) is 9.42. The second kappa shape index (κ2) is 18.0. The summed E-state index contributed by atoms with van der Waals surface area (Å²) >= 11 is 0. The van der Waals surface area contributed by atoms with Crippen LogP contribution < -0.4 is 19.7 Å². The third-order valence-corrected chi connectivity index (χ3v) is 11.8. The molecule has 3 aromatic carbocycles. The Morgan fingerprint density at radius 2 is 1.61 bits per heavy atom. The van der Waals surface area contributed by atoms with Gasteiger partial charge in [-0.05, 0) is 67.3 Å². The van der Waals surface area contributed by atoms with Crippen LogP contribution in [0.4, 0.5) is 5.69 Å². The predicted octanol–water partition coefficient (Wildman–Crippen LogP) is 4.59. The molecule has 0 aliphatic carbocycles. The monoisotopic (exact) mass is 723 g/mol. The normalized spacial score (nSPS) is 21.9. The summed E-state index contributed by atoms with van der Waals surface area (Å²) in [6.07, 6.45) is 0.969. The number of hydrogen-bond acceptors (Lipinski definition) is 11. The summed E-state index contributed by atoms with van der Waals surface area (Å²) in [6, 6.07) is 20.5. The van der Waals surface area contributed by atoms with Gasteiger partial charge in [-0.2, -0.15) is 0 Å². The van der Waals surface area contributed by atoms with Crippen LogP contribution in [-0.4, -0.2) is 119 Å². The predicted molar refractivity (Wildman–Crippen MR) is 197 cm³/mol. The zero-order chi connectivity index (χ0) is 35.6. The number of sulfone groups is 1. The third-order valence-electron chi connectivity index (χ3n) is 9.97. The number of ether oxygens (including phenoxy) is 6. The van der Waals surface area contributed by atoms with Gasteiger partial charge < -0.3 is 38.6 Å². The molecule has 4 atom stereocenters. The summed E-state index contributed by atoms with van der Waals surface area (Å²) in [5.41, 5.74) is 2.13. The molecule has 2 saturated heterocycles. The van der Waals surface area contributed by atoms with E-state index in [9.17, 15) is 8.42 Å². The van der Waals surface area contributed by atoms with E-state index in [0.29, 0.717) is 45.0 Å². The molecule has 2 fully saturated rings. The number of rotatable bonds is 16. The van der Waals surface area contributed by atoms with Crippen molar-refractivity contribution < 1.29 is 36.8 Å². The zero-order valence-electron chi connectivity index (χ0n) is 30.1. The molecule has 3 heterocycles. The van der Waals surface area contributed by atoms with Gasteiger partial charge in [-0.25, -0.2) is 8.42 Å². The number of nitrogens with one attached hydrogen (secondary N) is 1. The number of anilines is 1. The van der Waals surface area contributed by atoms with Gasteiger partial charge in [0.2, 0.25) is 9.84 Å². The maximum Gasteiger partial charge on any atom is 0.209 e. The van der Waals surface area contributed by atoms with Crippen molar-refractivity contribution in [2.75, 3.05) is 98.0 Å². The molecule has 0 spiro atoms. The SMILES string of the molecule is COCCCN1CCOc2ccc(C(O[C@H]3CNC[C@@H](OCCCN4CCOCC4)[C@@H]3c3ccc(OC)cc3)S(=O)(=O)c3ccc(C)cc3)cc21. The minimum atomic E-state index is -4.01. The number of hydrogen-bond donors (Lipinski definition) is 1. The lowest BCUT2D eigenvalue weighted by molar-refractivity contribution is -0.0659. The molecule has 51 heavy (non-hydrogen) atoms. The Kier molecular flexibility index (Phi) is 13.2. The number of benzene rings is 3. The first-order valence-electron chi connectivity index (χ1n) is 18.1. The maximum absolute atomic E-state index is 14.7. The average Bonchev–Trinajstić information content (AvgIpc) is 3.16. The highest BCUT2D eigenvalue weighted by Crippen LogP contribution is 2.41. The van der Waals surface area contributed by atoms with Crippen molar-refractivity contribution in [1.29, 1.82) is 0 Å². The fourth-order valence-corrected chi connectivity index (χ4v) is 8.73. The van der Waals surface area contributed by atoms with E-state index >= 15 is 0 Å². The van der Waals surface area contributed by atoms with E-state index in [1.807, 2.05) is 61.5 Å². The second-order valence-electron chi connectivity index (χ2n) is 13.4. The first-order chi connectivity index (χ1) is 24.9. The summed E-state index contributed by atoms with van der Waals surface area (Å²) < 4.78 is 65.2. The standard InChI is InChI=1S/C39H53N3O8S/c1-29-6-13-33(14-7-29)51(43,44)39(31-10-15-35-34(26-31)42(20-25-49-35)17-5-21-45-2)50-37-28-40-27-36(38(37)30-8-11-32(46-3)12-9-30)48-22-4-16-41-18-23-47-24-19-41/h6-15,26,36-40H,4-5,16-25,27-28H2,1-3H3/t36-,37+,38+,39?/m1/s1. The molecule has 1 unspecified atom stereocenters. The lowest BCUT2D eigenvalue weighted by Gasteiger charge is -2.40. The van der Waals surface area contributed by atoms with Crippen LogP contribution in [0.5, 0.6) is 11.5 Å². The largest absolute Gasteiger partial charge is 0.497 e. The van der Waals surface area contributed by atoms with Gasteiger partial charge in [-0.15, -0.1) is 0 Å². The molecule has 11 nitrogen and oxygen atoms in total. The van der Waals surface area contributed by atoms with E-state index < -0.39 is 21.4 Å². The van der Waals surface area contributed by atoms with Gasteiger partial charge in [-0.3, -0.25) is 4.90 Å². The van der Waals surface area contributed by atoms with Gasteiger partial charge in [0.1, 0.15) is 18.1 Å². The summed E-state index contributed by atoms with van der Waals surface area (Å²) in [4.78, 5) is 4.85. The van der Waals surface area contributed by atoms with Crippen LogP contribution >= 0.6 is 0 Å². The zero-order valence-corrected chi connectivity index (χ0v) is 30.9. The fraction of sp³-hybridized carbons (Fsp3) is 0.538. The van der Waals surface area contributed by atoms with Crippen LogP contribution in [-0.2, 0) is 28.8 Å². The molecular formula is C39H53N3O8S. The lowest BCUT2D eigenvalue weighted by atomic mass is 9.85. The van der Waals surface area contributed by atoms with Crippen LogP contribution in [0.3, 0.4) is 0 Å². The van der Waals surface area contributed by atoms with E-state index in [4.69, 9.17) is 28.4 Å². The highest BCUT2D eigenvalue weighted by molar-refractivity contribution is 7.91. The van der Waals surface area contributed by atoms with Gasteiger partial charge in [0, 0.05) is 65.5 Å². The minimum absolute atomic E-state index is 0.213. The van der Waals surface area contributed by atoms with Crippen LogP contribution in [0.15, 0.2) is 71.6 Å².